The molecule has 172 valence electrons. The Morgan fingerprint density at radius 1 is 1.06 bits per heavy atom. The van der Waals surface area contributed by atoms with Crippen molar-refractivity contribution in [1.82, 2.24) is 24.9 Å². The standard InChI is InChI=1S/C20H15F5N6OS/c21-13-4-2-1-3-12(13)11-31-17(15-5-7-32-30-15)9-16(29-31)19-27-10-14(22)18(28-19)26-6-8-33-20(23,24)25/h1-5,7,9-10H,6,8,11H2,(H,26,27,28). The Hall–Kier alpha value is -3.48. The number of nitrogens with one attached hydrogen (secondary N) is 1. The van der Waals surface area contributed by atoms with Crippen LogP contribution in [0.4, 0.5) is 27.8 Å². The Morgan fingerprint density at radius 3 is 2.61 bits per heavy atom. The second kappa shape index (κ2) is 9.57. The summed E-state index contributed by atoms with van der Waals surface area (Å²) in [6, 6.07) is 9.37. The predicted molar refractivity (Wildman–Crippen MR) is 111 cm³/mol. The molecule has 3 aromatic heterocycles. The fraction of sp³-hybridized carbons (Fsp3) is 0.200. The maximum absolute atomic E-state index is 14.2. The van der Waals surface area contributed by atoms with Crippen molar-refractivity contribution in [2.24, 2.45) is 0 Å². The highest BCUT2D eigenvalue weighted by Gasteiger charge is 2.27. The molecule has 0 amide bonds. The second-order valence-corrected chi connectivity index (χ2v) is 7.82. The van der Waals surface area contributed by atoms with Gasteiger partial charge in [0.05, 0.1) is 18.4 Å². The highest BCUT2D eigenvalue weighted by atomic mass is 32.2. The molecule has 0 radical (unpaired) electrons. The average Bonchev–Trinajstić information content (AvgIpc) is 3.43. The summed E-state index contributed by atoms with van der Waals surface area (Å²) in [5.41, 5.74) is -2.86. The highest BCUT2D eigenvalue weighted by Crippen LogP contribution is 2.30. The summed E-state index contributed by atoms with van der Waals surface area (Å²) in [6.45, 7) is -0.0979. The SMILES string of the molecule is Fc1ccccc1Cn1nc(-c2ncc(F)c(NCCSC(F)(F)F)n2)cc1-c1ccon1. The van der Waals surface area contributed by atoms with Crippen molar-refractivity contribution in [2.45, 2.75) is 12.1 Å². The zero-order valence-electron chi connectivity index (χ0n) is 16.7. The lowest BCUT2D eigenvalue weighted by Gasteiger charge is -2.08. The Morgan fingerprint density at radius 2 is 1.88 bits per heavy atom. The lowest BCUT2D eigenvalue weighted by Crippen LogP contribution is -2.12. The van der Waals surface area contributed by atoms with Crippen LogP contribution in [0.15, 0.2) is 53.4 Å². The smallest absolute Gasteiger partial charge is 0.367 e. The molecule has 1 aromatic carbocycles. The quantitative estimate of drug-likeness (QED) is 0.280. The minimum absolute atomic E-state index is 0.0272. The van der Waals surface area contributed by atoms with Gasteiger partial charge in [-0.15, -0.1) is 0 Å². The molecular weight excluding hydrogens is 467 g/mol. The van der Waals surface area contributed by atoms with E-state index in [2.05, 4.69) is 25.5 Å². The maximum Gasteiger partial charge on any atom is 0.441 e. The molecule has 0 fully saturated rings. The zero-order chi connectivity index (χ0) is 23.4. The molecule has 33 heavy (non-hydrogen) atoms. The van der Waals surface area contributed by atoms with Crippen LogP contribution >= 0.6 is 11.8 Å². The van der Waals surface area contributed by atoms with Gasteiger partial charge in [0.25, 0.3) is 0 Å². The summed E-state index contributed by atoms with van der Waals surface area (Å²) >= 11 is -0.225. The number of hydrogen-bond donors (Lipinski definition) is 1. The summed E-state index contributed by atoms with van der Waals surface area (Å²) in [5.74, 6) is -1.79. The first-order chi connectivity index (χ1) is 15.8. The highest BCUT2D eigenvalue weighted by molar-refractivity contribution is 8.00. The molecule has 4 aromatic rings. The first-order valence-electron chi connectivity index (χ1n) is 9.49. The lowest BCUT2D eigenvalue weighted by atomic mass is 10.2. The molecule has 4 rings (SSSR count). The van der Waals surface area contributed by atoms with E-state index in [0.717, 1.165) is 6.20 Å². The molecule has 13 heteroatoms. The summed E-state index contributed by atoms with van der Waals surface area (Å²) in [4.78, 5) is 7.99. The van der Waals surface area contributed by atoms with E-state index in [-0.39, 0.29) is 47.9 Å². The van der Waals surface area contributed by atoms with Crippen molar-refractivity contribution < 1.29 is 26.5 Å². The topological polar surface area (TPSA) is 81.7 Å². The average molecular weight is 482 g/mol. The third kappa shape index (κ3) is 5.66. The third-order valence-electron chi connectivity index (χ3n) is 4.39. The van der Waals surface area contributed by atoms with Crippen LogP contribution in [0.1, 0.15) is 5.56 Å². The van der Waals surface area contributed by atoms with E-state index >= 15 is 0 Å². The van der Waals surface area contributed by atoms with Gasteiger partial charge in [0.1, 0.15) is 23.5 Å². The molecule has 0 atom stereocenters. The van der Waals surface area contributed by atoms with Crippen LogP contribution in [0.2, 0.25) is 0 Å². The molecule has 7 nitrogen and oxygen atoms in total. The van der Waals surface area contributed by atoms with Gasteiger partial charge in [-0.1, -0.05) is 23.4 Å². The number of anilines is 1. The maximum atomic E-state index is 14.2. The zero-order valence-corrected chi connectivity index (χ0v) is 17.5. The summed E-state index contributed by atoms with van der Waals surface area (Å²) < 4.78 is 71.4. The molecule has 0 saturated carbocycles. The van der Waals surface area contributed by atoms with Gasteiger partial charge in [-0.05, 0) is 23.9 Å². The second-order valence-electron chi connectivity index (χ2n) is 6.66. The van der Waals surface area contributed by atoms with Crippen LogP contribution in [-0.4, -0.2) is 42.7 Å². The Kier molecular flexibility index (Phi) is 6.58. The summed E-state index contributed by atoms with van der Waals surface area (Å²) in [7, 11) is 0. The van der Waals surface area contributed by atoms with Gasteiger partial charge in [-0.3, -0.25) is 4.68 Å². The van der Waals surface area contributed by atoms with Gasteiger partial charge in [0.2, 0.25) is 0 Å². The predicted octanol–water partition coefficient (Wildman–Crippen LogP) is 4.99. The molecule has 0 unspecified atom stereocenters. The molecule has 0 saturated heterocycles. The number of rotatable bonds is 8. The molecule has 0 aliphatic rings. The Bertz CT molecular complexity index is 1230. The van der Waals surface area contributed by atoms with E-state index in [1.54, 1.807) is 30.3 Å². The van der Waals surface area contributed by atoms with Crippen molar-refractivity contribution in [3.63, 3.8) is 0 Å². The van der Waals surface area contributed by atoms with Crippen LogP contribution in [0.25, 0.3) is 22.9 Å². The lowest BCUT2D eigenvalue weighted by molar-refractivity contribution is -0.0327. The van der Waals surface area contributed by atoms with Crippen LogP contribution in [0.5, 0.6) is 0 Å². The van der Waals surface area contributed by atoms with Gasteiger partial charge < -0.3 is 9.84 Å². The first-order valence-corrected chi connectivity index (χ1v) is 10.5. The fourth-order valence-corrected chi connectivity index (χ4v) is 3.37. The monoisotopic (exact) mass is 482 g/mol. The van der Waals surface area contributed by atoms with E-state index in [4.69, 9.17) is 4.52 Å². The number of hydrogen-bond acceptors (Lipinski definition) is 7. The van der Waals surface area contributed by atoms with Crippen molar-refractivity contribution >= 4 is 17.6 Å². The number of nitrogens with zero attached hydrogens (tertiary/aromatic N) is 5. The van der Waals surface area contributed by atoms with Crippen molar-refractivity contribution in [3.05, 3.63) is 66.1 Å². The molecule has 0 aliphatic carbocycles. The number of benzene rings is 1. The van der Waals surface area contributed by atoms with Gasteiger partial charge in [0.15, 0.2) is 17.5 Å². The number of halogens is 5. The van der Waals surface area contributed by atoms with E-state index in [0.29, 0.717) is 17.0 Å². The number of thioether (sulfide) groups is 1. The molecule has 0 bridgehead atoms. The van der Waals surface area contributed by atoms with Gasteiger partial charge >= 0.3 is 5.51 Å². The van der Waals surface area contributed by atoms with Crippen molar-refractivity contribution in [1.29, 1.82) is 0 Å². The van der Waals surface area contributed by atoms with Crippen molar-refractivity contribution in [3.8, 4) is 22.9 Å². The molecule has 0 aliphatic heterocycles. The van der Waals surface area contributed by atoms with E-state index < -0.39 is 17.1 Å². The van der Waals surface area contributed by atoms with E-state index in [9.17, 15) is 22.0 Å². The molecule has 3 heterocycles. The van der Waals surface area contributed by atoms with E-state index in [1.807, 2.05) is 0 Å². The first kappa shape index (κ1) is 22.7. The molecule has 0 spiro atoms. The van der Waals surface area contributed by atoms with Crippen LogP contribution in [0.3, 0.4) is 0 Å². The van der Waals surface area contributed by atoms with Gasteiger partial charge in [-0.2, -0.15) is 18.3 Å². The fourth-order valence-electron chi connectivity index (χ4n) is 2.94. The normalized spacial score (nSPS) is 11.7. The molecule has 1 N–H and O–H groups in total. The third-order valence-corrected chi connectivity index (χ3v) is 5.13. The minimum Gasteiger partial charge on any atom is -0.367 e. The van der Waals surface area contributed by atoms with Gasteiger partial charge in [-0.25, -0.2) is 18.7 Å². The van der Waals surface area contributed by atoms with Crippen molar-refractivity contribution in [2.75, 3.05) is 17.6 Å². The van der Waals surface area contributed by atoms with E-state index in [1.165, 1.54) is 17.0 Å². The van der Waals surface area contributed by atoms with Crippen LogP contribution < -0.4 is 5.32 Å². The minimum atomic E-state index is -4.38. The summed E-state index contributed by atoms with van der Waals surface area (Å²) in [6.07, 6.45) is 2.26. The Labute approximate surface area is 188 Å². The summed E-state index contributed by atoms with van der Waals surface area (Å²) in [5, 5.41) is 10.8. The number of alkyl halides is 3. The Balaban J connectivity index is 1.62. The molecular formula is C20H15F5N6OS. The van der Waals surface area contributed by atoms with Gasteiger partial charge in [0, 0.05) is 23.9 Å². The van der Waals surface area contributed by atoms with Crippen LogP contribution in [0, 0.1) is 11.6 Å². The van der Waals surface area contributed by atoms with Crippen LogP contribution in [-0.2, 0) is 6.54 Å². The number of aromatic nitrogens is 5. The largest absolute Gasteiger partial charge is 0.441 e.